The highest BCUT2D eigenvalue weighted by Gasteiger charge is 2.49. The highest BCUT2D eigenvalue weighted by Crippen LogP contribution is 2.25. The van der Waals surface area contributed by atoms with Gasteiger partial charge >= 0.3 is 6.03 Å². The van der Waals surface area contributed by atoms with Crippen LogP contribution in [0.5, 0.6) is 0 Å². The van der Waals surface area contributed by atoms with E-state index in [0.717, 1.165) is 0 Å². The molecule has 0 aromatic carbocycles. The highest BCUT2D eigenvalue weighted by atomic mass is 16.2. The van der Waals surface area contributed by atoms with E-state index in [9.17, 15) is 14.4 Å². The summed E-state index contributed by atoms with van der Waals surface area (Å²) in [6.45, 7) is 4.80. The van der Waals surface area contributed by atoms with Crippen LogP contribution in [0.1, 0.15) is 33.1 Å². The minimum absolute atomic E-state index is 0.147. The second-order valence-corrected chi connectivity index (χ2v) is 6.09. The van der Waals surface area contributed by atoms with Gasteiger partial charge in [-0.1, -0.05) is 13.8 Å². The van der Waals surface area contributed by atoms with Crippen LogP contribution >= 0.6 is 0 Å². The number of carbonyl (C=O) groups is 3. The molecule has 0 saturated carbocycles. The fraction of sp³-hybridized carbons (Fsp3) is 0.769. The molecule has 2 saturated heterocycles. The monoisotopic (exact) mass is 282 g/mol. The van der Waals surface area contributed by atoms with Crippen LogP contribution in [0.25, 0.3) is 0 Å². The molecule has 2 aliphatic heterocycles. The topological polar surface area (TPSA) is 105 Å². The average Bonchev–Trinajstić information content (AvgIpc) is 2.62. The van der Waals surface area contributed by atoms with Gasteiger partial charge in [0.1, 0.15) is 5.54 Å². The smallest absolute Gasteiger partial charge is 0.322 e. The zero-order valence-corrected chi connectivity index (χ0v) is 11.9. The summed E-state index contributed by atoms with van der Waals surface area (Å²) in [7, 11) is 0. The molecular weight excluding hydrogens is 260 g/mol. The normalized spacial score (nSPS) is 27.7. The van der Waals surface area contributed by atoms with Gasteiger partial charge in [-0.3, -0.25) is 14.9 Å². The number of nitrogens with zero attached hydrogens (tertiary/aromatic N) is 1. The summed E-state index contributed by atoms with van der Waals surface area (Å²) in [6.07, 6.45) is 1.84. The first-order valence-electron chi connectivity index (χ1n) is 7.02. The van der Waals surface area contributed by atoms with Crippen molar-refractivity contribution in [2.24, 2.45) is 11.7 Å². The standard InChI is InChI=1S/C13H22N4O3/c1-8(2)6-9(14)10(18)17-5-3-4-13(7-17)11(19)15-12(20)16-13/h8-9H,3-7,14H2,1-2H3,(H2,15,16,19,20)/t9-,13?/m1/s1. The second-order valence-electron chi connectivity index (χ2n) is 6.09. The van der Waals surface area contributed by atoms with Crippen molar-refractivity contribution in [2.45, 2.75) is 44.7 Å². The number of nitrogens with one attached hydrogen (secondary N) is 2. The van der Waals surface area contributed by atoms with Crippen LogP contribution in [0.4, 0.5) is 4.79 Å². The van der Waals surface area contributed by atoms with Crippen molar-refractivity contribution in [1.29, 1.82) is 0 Å². The molecule has 4 N–H and O–H groups in total. The lowest BCUT2D eigenvalue weighted by atomic mass is 9.88. The van der Waals surface area contributed by atoms with E-state index in [-0.39, 0.29) is 18.4 Å². The average molecular weight is 282 g/mol. The molecule has 0 aromatic heterocycles. The van der Waals surface area contributed by atoms with Gasteiger partial charge in [0, 0.05) is 6.54 Å². The Hall–Kier alpha value is -1.63. The summed E-state index contributed by atoms with van der Waals surface area (Å²) < 4.78 is 0. The van der Waals surface area contributed by atoms with Crippen molar-refractivity contribution in [2.75, 3.05) is 13.1 Å². The first kappa shape index (κ1) is 14.8. The lowest BCUT2D eigenvalue weighted by Gasteiger charge is -2.39. The summed E-state index contributed by atoms with van der Waals surface area (Å²) in [4.78, 5) is 37.1. The number of piperidine rings is 1. The van der Waals surface area contributed by atoms with Gasteiger partial charge in [-0.05, 0) is 25.2 Å². The van der Waals surface area contributed by atoms with Crippen LogP contribution in [-0.2, 0) is 9.59 Å². The number of rotatable bonds is 3. The van der Waals surface area contributed by atoms with Crippen molar-refractivity contribution >= 4 is 17.8 Å². The van der Waals surface area contributed by atoms with Crippen LogP contribution in [0.2, 0.25) is 0 Å². The zero-order valence-electron chi connectivity index (χ0n) is 11.9. The molecule has 4 amide bonds. The Morgan fingerprint density at radius 2 is 2.15 bits per heavy atom. The maximum absolute atomic E-state index is 12.3. The molecular formula is C13H22N4O3. The fourth-order valence-corrected chi connectivity index (χ4v) is 2.90. The number of hydrogen-bond acceptors (Lipinski definition) is 4. The third-order valence-electron chi connectivity index (χ3n) is 3.86. The summed E-state index contributed by atoms with van der Waals surface area (Å²) in [6, 6.07) is -1.04. The fourth-order valence-electron chi connectivity index (χ4n) is 2.90. The zero-order chi connectivity index (χ0) is 14.9. The number of amides is 4. The molecule has 112 valence electrons. The molecule has 7 nitrogen and oxygen atoms in total. The Bertz CT molecular complexity index is 437. The molecule has 2 fully saturated rings. The van der Waals surface area contributed by atoms with E-state index in [4.69, 9.17) is 5.73 Å². The molecule has 1 unspecified atom stereocenters. The lowest BCUT2D eigenvalue weighted by molar-refractivity contribution is -0.137. The van der Waals surface area contributed by atoms with Gasteiger partial charge in [-0.15, -0.1) is 0 Å². The molecule has 0 radical (unpaired) electrons. The SMILES string of the molecule is CC(C)C[C@@H](N)C(=O)N1CCCC2(C1)NC(=O)NC2=O. The van der Waals surface area contributed by atoms with Crippen LogP contribution < -0.4 is 16.4 Å². The number of hydrogen-bond donors (Lipinski definition) is 3. The van der Waals surface area contributed by atoms with E-state index in [1.165, 1.54) is 0 Å². The van der Waals surface area contributed by atoms with E-state index >= 15 is 0 Å². The number of likely N-dealkylation sites (tertiary alicyclic amines) is 1. The Kier molecular flexibility index (Phi) is 3.99. The van der Waals surface area contributed by atoms with Gasteiger partial charge in [0.15, 0.2) is 0 Å². The molecule has 7 heteroatoms. The van der Waals surface area contributed by atoms with E-state index in [1.807, 2.05) is 13.8 Å². The van der Waals surface area contributed by atoms with Gasteiger partial charge in [0.2, 0.25) is 5.91 Å². The Morgan fingerprint density at radius 3 is 2.70 bits per heavy atom. The Morgan fingerprint density at radius 1 is 1.45 bits per heavy atom. The second kappa shape index (κ2) is 5.40. The number of urea groups is 1. The summed E-state index contributed by atoms with van der Waals surface area (Å²) in [5.41, 5.74) is 4.95. The lowest BCUT2D eigenvalue weighted by Crippen LogP contribution is -2.61. The molecule has 0 aromatic rings. The maximum Gasteiger partial charge on any atom is 0.322 e. The van der Waals surface area contributed by atoms with Gasteiger partial charge in [0.05, 0.1) is 12.6 Å². The van der Waals surface area contributed by atoms with Crippen LogP contribution in [-0.4, -0.2) is 47.4 Å². The molecule has 2 rings (SSSR count). The molecule has 0 bridgehead atoms. The molecule has 1 spiro atoms. The largest absolute Gasteiger partial charge is 0.338 e. The number of imide groups is 1. The minimum atomic E-state index is -0.970. The quantitative estimate of drug-likeness (QED) is 0.610. The van der Waals surface area contributed by atoms with Gasteiger partial charge in [-0.2, -0.15) is 0 Å². The summed E-state index contributed by atoms with van der Waals surface area (Å²) in [5.74, 6) is -0.161. The Balaban J connectivity index is 2.05. The first-order chi connectivity index (χ1) is 9.34. The molecule has 2 atom stereocenters. The predicted molar refractivity (Wildman–Crippen MR) is 72.6 cm³/mol. The van der Waals surface area contributed by atoms with Crippen LogP contribution in [0, 0.1) is 5.92 Å². The van der Waals surface area contributed by atoms with Crippen molar-refractivity contribution in [3.8, 4) is 0 Å². The van der Waals surface area contributed by atoms with Crippen LogP contribution in [0.15, 0.2) is 0 Å². The highest BCUT2D eigenvalue weighted by molar-refractivity contribution is 6.07. The molecule has 2 heterocycles. The molecule has 20 heavy (non-hydrogen) atoms. The Labute approximate surface area is 118 Å². The van der Waals surface area contributed by atoms with E-state index in [0.29, 0.717) is 31.7 Å². The minimum Gasteiger partial charge on any atom is -0.338 e. The van der Waals surface area contributed by atoms with Crippen molar-refractivity contribution in [3.63, 3.8) is 0 Å². The van der Waals surface area contributed by atoms with Gasteiger partial charge in [0.25, 0.3) is 5.91 Å². The third kappa shape index (κ3) is 2.77. The van der Waals surface area contributed by atoms with Gasteiger partial charge < -0.3 is 16.0 Å². The summed E-state index contributed by atoms with van der Waals surface area (Å²) >= 11 is 0. The predicted octanol–water partition coefficient (Wildman–Crippen LogP) is -0.440. The number of nitrogens with two attached hydrogens (primary N) is 1. The maximum atomic E-state index is 12.3. The third-order valence-corrected chi connectivity index (χ3v) is 3.86. The van der Waals surface area contributed by atoms with Crippen LogP contribution in [0.3, 0.4) is 0 Å². The van der Waals surface area contributed by atoms with Crippen molar-refractivity contribution in [1.82, 2.24) is 15.5 Å². The van der Waals surface area contributed by atoms with E-state index in [1.54, 1.807) is 4.90 Å². The summed E-state index contributed by atoms with van der Waals surface area (Å²) in [5, 5.41) is 4.89. The molecule has 0 aliphatic carbocycles. The number of carbonyl (C=O) groups excluding carboxylic acids is 3. The van der Waals surface area contributed by atoms with E-state index < -0.39 is 17.6 Å². The van der Waals surface area contributed by atoms with Crippen molar-refractivity contribution in [3.05, 3.63) is 0 Å². The van der Waals surface area contributed by atoms with Crippen molar-refractivity contribution < 1.29 is 14.4 Å². The first-order valence-corrected chi connectivity index (χ1v) is 7.02. The molecule has 2 aliphatic rings. The van der Waals surface area contributed by atoms with E-state index in [2.05, 4.69) is 10.6 Å². The van der Waals surface area contributed by atoms with Gasteiger partial charge in [-0.25, -0.2) is 4.79 Å².